The number of carbonyl (C=O) groups is 1. The maximum atomic E-state index is 13.0. The SMILES string of the molecule is COc1ccccc1C=CC(=O)N1CCN(S(=O)(=O)c2ccc3c(c2)oc(=O)n3C)CC1. The van der Waals surface area contributed by atoms with Gasteiger partial charge in [0.25, 0.3) is 0 Å². The van der Waals surface area contributed by atoms with Gasteiger partial charge >= 0.3 is 5.76 Å². The lowest BCUT2D eigenvalue weighted by Gasteiger charge is -2.33. The summed E-state index contributed by atoms with van der Waals surface area (Å²) in [7, 11) is -0.658. The average molecular weight is 458 g/mol. The molecule has 0 radical (unpaired) electrons. The van der Waals surface area contributed by atoms with Crippen LogP contribution in [-0.2, 0) is 21.9 Å². The monoisotopic (exact) mass is 457 g/mol. The summed E-state index contributed by atoms with van der Waals surface area (Å²) in [6.07, 6.45) is 3.15. The molecular weight excluding hydrogens is 434 g/mol. The number of oxazole rings is 1. The van der Waals surface area contributed by atoms with Crippen molar-refractivity contribution in [2.24, 2.45) is 7.05 Å². The maximum absolute atomic E-state index is 13.0. The van der Waals surface area contributed by atoms with Gasteiger partial charge < -0.3 is 14.1 Å². The van der Waals surface area contributed by atoms with Crippen LogP contribution in [0.4, 0.5) is 0 Å². The van der Waals surface area contributed by atoms with Crippen molar-refractivity contribution in [3.05, 3.63) is 64.7 Å². The molecule has 0 unspecified atom stereocenters. The zero-order valence-corrected chi connectivity index (χ0v) is 18.5. The van der Waals surface area contributed by atoms with Crippen LogP contribution in [0, 0.1) is 0 Å². The fourth-order valence-electron chi connectivity index (χ4n) is 3.64. The van der Waals surface area contributed by atoms with E-state index in [1.165, 1.54) is 27.1 Å². The highest BCUT2D eigenvalue weighted by Gasteiger charge is 2.30. The summed E-state index contributed by atoms with van der Waals surface area (Å²) in [5.41, 5.74) is 1.52. The van der Waals surface area contributed by atoms with Gasteiger partial charge in [0.15, 0.2) is 5.58 Å². The minimum atomic E-state index is -3.78. The van der Waals surface area contributed by atoms with Gasteiger partial charge in [0.05, 0.1) is 17.5 Å². The van der Waals surface area contributed by atoms with E-state index in [2.05, 4.69) is 0 Å². The second-order valence-electron chi connectivity index (χ2n) is 7.36. The van der Waals surface area contributed by atoms with E-state index < -0.39 is 15.8 Å². The smallest absolute Gasteiger partial charge is 0.419 e. The van der Waals surface area contributed by atoms with Gasteiger partial charge in [-0.2, -0.15) is 4.31 Å². The van der Waals surface area contributed by atoms with Gasteiger partial charge in [-0.05, 0) is 24.3 Å². The van der Waals surface area contributed by atoms with Crippen molar-refractivity contribution in [1.29, 1.82) is 0 Å². The number of fused-ring (bicyclic) bond motifs is 1. The zero-order chi connectivity index (χ0) is 22.9. The summed E-state index contributed by atoms with van der Waals surface area (Å²) in [5.74, 6) is -0.0815. The number of para-hydroxylation sites is 1. The van der Waals surface area contributed by atoms with Crippen LogP contribution in [0.15, 0.2) is 62.6 Å². The first-order valence-electron chi connectivity index (χ1n) is 10.0. The summed E-state index contributed by atoms with van der Waals surface area (Å²) in [5, 5.41) is 0. The maximum Gasteiger partial charge on any atom is 0.419 e. The van der Waals surface area contributed by atoms with Crippen molar-refractivity contribution < 1.29 is 22.4 Å². The van der Waals surface area contributed by atoms with Crippen molar-refractivity contribution in [3.63, 3.8) is 0 Å². The Morgan fingerprint density at radius 1 is 1.09 bits per heavy atom. The number of ether oxygens (including phenoxy) is 1. The van der Waals surface area contributed by atoms with Crippen LogP contribution in [0.25, 0.3) is 17.2 Å². The van der Waals surface area contributed by atoms with Crippen LogP contribution in [0.3, 0.4) is 0 Å². The molecular formula is C22H23N3O6S. The van der Waals surface area contributed by atoms with Gasteiger partial charge in [-0.25, -0.2) is 13.2 Å². The third kappa shape index (κ3) is 4.06. The molecule has 0 saturated carbocycles. The average Bonchev–Trinajstić information content (AvgIpc) is 3.10. The molecule has 9 nitrogen and oxygen atoms in total. The van der Waals surface area contributed by atoms with E-state index in [1.54, 1.807) is 31.2 Å². The number of hydrogen-bond acceptors (Lipinski definition) is 6. The van der Waals surface area contributed by atoms with Crippen LogP contribution in [0.1, 0.15) is 5.56 Å². The summed E-state index contributed by atoms with van der Waals surface area (Å²) < 4.78 is 39.1. The molecule has 2 heterocycles. The number of carbonyl (C=O) groups excluding carboxylic acids is 1. The predicted octanol–water partition coefficient (Wildman–Crippen LogP) is 1.69. The lowest BCUT2D eigenvalue weighted by Crippen LogP contribution is -2.50. The number of hydrogen-bond donors (Lipinski definition) is 0. The van der Waals surface area contributed by atoms with Gasteiger partial charge in [-0.1, -0.05) is 18.2 Å². The fraction of sp³-hybridized carbons (Fsp3) is 0.273. The Kier molecular flexibility index (Phi) is 5.90. The highest BCUT2D eigenvalue weighted by molar-refractivity contribution is 7.89. The Hall–Kier alpha value is -3.37. The molecule has 0 atom stereocenters. The molecule has 0 spiro atoms. The lowest BCUT2D eigenvalue weighted by molar-refractivity contribution is -0.127. The second kappa shape index (κ2) is 8.64. The van der Waals surface area contributed by atoms with E-state index in [0.29, 0.717) is 11.3 Å². The van der Waals surface area contributed by atoms with E-state index in [1.807, 2.05) is 24.3 Å². The van der Waals surface area contributed by atoms with Crippen molar-refractivity contribution in [2.45, 2.75) is 4.90 Å². The number of piperazine rings is 1. The van der Waals surface area contributed by atoms with Gasteiger partial charge in [0.2, 0.25) is 15.9 Å². The molecule has 4 rings (SSSR count). The number of aryl methyl sites for hydroxylation is 1. The van der Waals surface area contributed by atoms with Crippen LogP contribution in [0.2, 0.25) is 0 Å². The third-order valence-corrected chi connectivity index (χ3v) is 7.39. The molecule has 10 heteroatoms. The Morgan fingerprint density at radius 2 is 1.81 bits per heavy atom. The van der Waals surface area contributed by atoms with Gasteiger partial charge in [0, 0.05) is 50.9 Å². The van der Waals surface area contributed by atoms with E-state index in [9.17, 15) is 18.0 Å². The highest BCUT2D eigenvalue weighted by Crippen LogP contribution is 2.23. The molecule has 1 saturated heterocycles. The molecule has 1 aliphatic heterocycles. The first-order valence-corrected chi connectivity index (χ1v) is 11.4. The van der Waals surface area contributed by atoms with Gasteiger partial charge in [-0.15, -0.1) is 0 Å². The van der Waals surface area contributed by atoms with Gasteiger partial charge in [-0.3, -0.25) is 9.36 Å². The van der Waals surface area contributed by atoms with Crippen LogP contribution < -0.4 is 10.5 Å². The summed E-state index contributed by atoms with van der Waals surface area (Å²) in [6.45, 7) is 0.897. The van der Waals surface area contributed by atoms with E-state index in [-0.39, 0.29) is 42.6 Å². The lowest BCUT2D eigenvalue weighted by atomic mass is 10.2. The van der Waals surface area contributed by atoms with E-state index in [0.717, 1.165) is 5.56 Å². The standard InChI is InChI=1S/C22H23N3O6S/c1-23-18-9-8-17(15-20(18)31-22(23)27)32(28,29)25-13-11-24(12-14-25)21(26)10-7-16-5-3-4-6-19(16)30-2/h3-10,15H,11-14H2,1-2H3. The summed E-state index contributed by atoms with van der Waals surface area (Å²) in [4.78, 5) is 25.9. The minimum absolute atomic E-state index is 0.0511. The number of benzene rings is 2. The van der Waals surface area contributed by atoms with Crippen molar-refractivity contribution >= 4 is 33.1 Å². The summed E-state index contributed by atoms with van der Waals surface area (Å²) in [6, 6.07) is 11.7. The molecule has 2 aromatic carbocycles. The molecule has 3 aromatic rings. The Balaban J connectivity index is 1.44. The molecule has 1 fully saturated rings. The Labute approximate surface area is 185 Å². The quantitative estimate of drug-likeness (QED) is 0.541. The molecule has 1 aliphatic rings. The van der Waals surface area contributed by atoms with Crippen molar-refractivity contribution in [3.8, 4) is 5.75 Å². The topological polar surface area (TPSA) is 102 Å². The normalized spacial score (nSPS) is 15.5. The van der Waals surface area contributed by atoms with E-state index >= 15 is 0 Å². The first-order chi connectivity index (χ1) is 15.3. The molecule has 0 N–H and O–H groups in total. The molecule has 0 bridgehead atoms. The predicted molar refractivity (Wildman–Crippen MR) is 119 cm³/mol. The number of aromatic nitrogens is 1. The van der Waals surface area contributed by atoms with Crippen LogP contribution >= 0.6 is 0 Å². The molecule has 1 amide bonds. The zero-order valence-electron chi connectivity index (χ0n) is 17.7. The van der Waals surface area contributed by atoms with E-state index in [4.69, 9.17) is 9.15 Å². The van der Waals surface area contributed by atoms with Crippen LogP contribution in [0.5, 0.6) is 5.75 Å². The van der Waals surface area contributed by atoms with Crippen molar-refractivity contribution in [2.75, 3.05) is 33.3 Å². The number of sulfonamides is 1. The van der Waals surface area contributed by atoms with Crippen molar-refractivity contribution in [1.82, 2.24) is 13.8 Å². The minimum Gasteiger partial charge on any atom is -0.496 e. The number of nitrogens with zero attached hydrogens (tertiary/aromatic N) is 3. The third-order valence-electron chi connectivity index (χ3n) is 5.50. The number of rotatable bonds is 5. The highest BCUT2D eigenvalue weighted by atomic mass is 32.2. The fourth-order valence-corrected chi connectivity index (χ4v) is 5.08. The number of methoxy groups -OCH3 is 1. The molecule has 1 aromatic heterocycles. The Morgan fingerprint density at radius 3 is 2.53 bits per heavy atom. The second-order valence-corrected chi connectivity index (χ2v) is 9.30. The van der Waals surface area contributed by atoms with Crippen LogP contribution in [-0.4, -0.2) is 61.4 Å². The van der Waals surface area contributed by atoms with Gasteiger partial charge in [0.1, 0.15) is 5.75 Å². The molecule has 0 aliphatic carbocycles. The summed E-state index contributed by atoms with van der Waals surface area (Å²) >= 11 is 0. The first kappa shape index (κ1) is 21.8. The molecule has 32 heavy (non-hydrogen) atoms. The Bertz CT molecular complexity index is 1350. The number of amides is 1. The largest absolute Gasteiger partial charge is 0.496 e. The molecule has 168 valence electrons.